The van der Waals surface area contributed by atoms with E-state index in [1.807, 2.05) is 0 Å². The topological polar surface area (TPSA) is 3.24 Å². The smallest absolute Gasteiger partial charge is 0.00218 e. The molecule has 0 saturated heterocycles. The van der Waals surface area contributed by atoms with Crippen LogP contribution in [0.15, 0.2) is 35.5 Å². The standard InChI is InChI=1S/C13H21N/c1-12-7-4-5-8-13(11-12)9-6-10-14(2)3/h4-5,7,11H,6,8-10H2,1-3H3. The molecule has 1 aliphatic rings. The van der Waals surface area contributed by atoms with Gasteiger partial charge in [-0.05, 0) is 46.8 Å². The quantitative estimate of drug-likeness (QED) is 0.660. The van der Waals surface area contributed by atoms with E-state index >= 15 is 0 Å². The fourth-order valence-corrected chi connectivity index (χ4v) is 1.66. The Labute approximate surface area is 87.8 Å². The maximum absolute atomic E-state index is 2.33. The van der Waals surface area contributed by atoms with Gasteiger partial charge in [-0.15, -0.1) is 0 Å². The first-order valence-corrected chi connectivity index (χ1v) is 5.36. The fourth-order valence-electron chi connectivity index (χ4n) is 1.66. The Balaban J connectivity index is 2.37. The molecule has 0 saturated carbocycles. The average Bonchev–Trinajstić information content (AvgIpc) is 2.29. The van der Waals surface area contributed by atoms with Crippen LogP contribution in [0.2, 0.25) is 0 Å². The van der Waals surface area contributed by atoms with Crippen LogP contribution in [0.4, 0.5) is 0 Å². The Morgan fingerprint density at radius 2 is 2.14 bits per heavy atom. The summed E-state index contributed by atoms with van der Waals surface area (Å²) in [5.41, 5.74) is 2.94. The van der Waals surface area contributed by atoms with Crippen LogP contribution in [0.25, 0.3) is 0 Å². The van der Waals surface area contributed by atoms with Crippen LogP contribution in [0.3, 0.4) is 0 Å². The van der Waals surface area contributed by atoms with Crippen molar-refractivity contribution >= 4 is 0 Å². The van der Waals surface area contributed by atoms with E-state index in [0.717, 1.165) is 6.42 Å². The molecule has 0 aliphatic heterocycles. The average molecular weight is 191 g/mol. The maximum atomic E-state index is 2.33. The molecule has 1 rings (SSSR count). The number of hydrogen-bond acceptors (Lipinski definition) is 1. The van der Waals surface area contributed by atoms with E-state index in [0.29, 0.717) is 0 Å². The number of nitrogens with zero attached hydrogens (tertiary/aromatic N) is 1. The molecule has 0 fully saturated rings. The molecule has 1 nitrogen and oxygen atoms in total. The summed E-state index contributed by atoms with van der Waals surface area (Å²) >= 11 is 0. The van der Waals surface area contributed by atoms with Crippen molar-refractivity contribution in [2.45, 2.75) is 26.2 Å². The second kappa shape index (κ2) is 5.82. The summed E-state index contributed by atoms with van der Waals surface area (Å²) in [7, 11) is 4.26. The van der Waals surface area contributed by atoms with Crippen molar-refractivity contribution in [3.63, 3.8) is 0 Å². The Morgan fingerprint density at radius 1 is 1.36 bits per heavy atom. The third-order valence-electron chi connectivity index (χ3n) is 2.41. The molecule has 78 valence electrons. The Kier molecular flexibility index (Phi) is 4.68. The molecule has 0 aromatic rings. The number of rotatable bonds is 4. The summed E-state index contributed by atoms with van der Waals surface area (Å²) < 4.78 is 0. The molecule has 0 spiro atoms. The van der Waals surface area contributed by atoms with E-state index in [9.17, 15) is 0 Å². The van der Waals surface area contributed by atoms with Gasteiger partial charge in [-0.3, -0.25) is 0 Å². The molecule has 0 radical (unpaired) electrons. The van der Waals surface area contributed by atoms with Gasteiger partial charge in [0.2, 0.25) is 0 Å². The van der Waals surface area contributed by atoms with Gasteiger partial charge in [-0.1, -0.05) is 35.5 Å². The lowest BCUT2D eigenvalue weighted by Gasteiger charge is -2.10. The Hall–Kier alpha value is -0.820. The first-order valence-electron chi connectivity index (χ1n) is 5.36. The van der Waals surface area contributed by atoms with Gasteiger partial charge in [0.15, 0.2) is 0 Å². The van der Waals surface area contributed by atoms with Gasteiger partial charge in [0.05, 0.1) is 0 Å². The van der Waals surface area contributed by atoms with Crippen molar-refractivity contribution in [3.8, 4) is 0 Å². The lowest BCUT2D eigenvalue weighted by atomic mass is 10.1. The van der Waals surface area contributed by atoms with Gasteiger partial charge >= 0.3 is 0 Å². The summed E-state index contributed by atoms with van der Waals surface area (Å²) in [6.45, 7) is 3.35. The third-order valence-corrected chi connectivity index (χ3v) is 2.41. The van der Waals surface area contributed by atoms with Crippen molar-refractivity contribution in [3.05, 3.63) is 35.5 Å². The maximum Gasteiger partial charge on any atom is -0.00218 e. The number of hydrogen-bond donors (Lipinski definition) is 0. The molecule has 1 aliphatic carbocycles. The van der Waals surface area contributed by atoms with Crippen molar-refractivity contribution in [2.24, 2.45) is 0 Å². The lowest BCUT2D eigenvalue weighted by molar-refractivity contribution is 0.399. The molecule has 0 heterocycles. The first kappa shape index (κ1) is 11.3. The van der Waals surface area contributed by atoms with E-state index in [1.165, 1.54) is 25.0 Å². The second-order valence-corrected chi connectivity index (χ2v) is 4.25. The Bertz CT molecular complexity index is 256. The van der Waals surface area contributed by atoms with Crippen LogP contribution in [0, 0.1) is 0 Å². The van der Waals surface area contributed by atoms with Gasteiger partial charge in [-0.25, -0.2) is 0 Å². The van der Waals surface area contributed by atoms with Gasteiger partial charge in [-0.2, -0.15) is 0 Å². The van der Waals surface area contributed by atoms with E-state index in [-0.39, 0.29) is 0 Å². The molecule has 14 heavy (non-hydrogen) atoms. The van der Waals surface area contributed by atoms with Crippen LogP contribution in [0.5, 0.6) is 0 Å². The van der Waals surface area contributed by atoms with E-state index in [4.69, 9.17) is 0 Å². The zero-order chi connectivity index (χ0) is 10.4. The normalized spacial score (nSPS) is 16.6. The van der Waals surface area contributed by atoms with Gasteiger partial charge in [0, 0.05) is 0 Å². The molecule has 0 amide bonds. The van der Waals surface area contributed by atoms with Gasteiger partial charge in [0.1, 0.15) is 0 Å². The summed E-state index contributed by atoms with van der Waals surface area (Å²) in [4.78, 5) is 2.25. The molecule has 0 aromatic heterocycles. The van der Waals surface area contributed by atoms with E-state index in [2.05, 4.69) is 50.2 Å². The highest BCUT2D eigenvalue weighted by Gasteiger charge is 1.99. The van der Waals surface area contributed by atoms with Crippen LogP contribution >= 0.6 is 0 Å². The minimum Gasteiger partial charge on any atom is -0.309 e. The van der Waals surface area contributed by atoms with Gasteiger partial charge in [0.25, 0.3) is 0 Å². The zero-order valence-corrected chi connectivity index (χ0v) is 9.59. The molecule has 0 aromatic carbocycles. The van der Waals surface area contributed by atoms with E-state index < -0.39 is 0 Å². The highest BCUT2D eigenvalue weighted by molar-refractivity contribution is 5.30. The minimum absolute atomic E-state index is 1.13. The van der Waals surface area contributed by atoms with Crippen LogP contribution in [0.1, 0.15) is 26.2 Å². The van der Waals surface area contributed by atoms with Crippen molar-refractivity contribution in [1.29, 1.82) is 0 Å². The highest BCUT2D eigenvalue weighted by Crippen LogP contribution is 2.16. The van der Waals surface area contributed by atoms with Crippen LogP contribution < -0.4 is 0 Å². The lowest BCUT2D eigenvalue weighted by Crippen LogP contribution is -2.12. The molecule has 0 N–H and O–H groups in total. The van der Waals surface area contributed by atoms with Crippen LogP contribution in [-0.2, 0) is 0 Å². The first-order chi connectivity index (χ1) is 6.68. The predicted octanol–water partition coefficient (Wildman–Crippen LogP) is 3.16. The van der Waals surface area contributed by atoms with E-state index in [1.54, 1.807) is 5.57 Å². The molecule has 0 atom stereocenters. The van der Waals surface area contributed by atoms with Crippen molar-refractivity contribution in [1.82, 2.24) is 4.90 Å². The monoisotopic (exact) mass is 191 g/mol. The number of allylic oxidation sites excluding steroid dienone is 6. The molecule has 0 unspecified atom stereocenters. The van der Waals surface area contributed by atoms with Crippen molar-refractivity contribution < 1.29 is 0 Å². The minimum atomic E-state index is 1.13. The molecular weight excluding hydrogens is 170 g/mol. The fraction of sp³-hybridized carbons (Fsp3) is 0.538. The third kappa shape index (κ3) is 4.43. The van der Waals surface area contributed by atoms with Crippen LogP contribution in [-0.4, -0.2) is 25.5 Å². The summed E-state index contributed by atoms with van der Waals surface area (Å²) in [6.07, 6.45) is 12.5. The molecular formula is C13H21N. The Morgan fingerprint density at radius 3 is 2.86 bits per heavy atom. The largest absolute Gasteiger partial charge is 0.309 e. The molecule has 0 bridgehead atoms. The van der Waals surface area contributed by atoms with Gasteiger partial charge < -0.3 is 4.90 Å². The predicted molar refractivity (Wildman–Crippen MR) is 63.4 cm³/mol. The highest BCUT2D eigenvalue weighted by atomic mass is 15.0. The van der Waals surface area contributed by atoms with Crippen molar-refractivity contribution in [2.75, 3.05) is 20.6 Å². The summed E-state index contributed by atoms with van der Waals surface area (Å²) in [5, 5.41) is 0. The second-order valence-electron chi connectivity index (χ2n) is 4.25. The zero-order valence-electron chi connectivity index (χ0n) is 9.59. The summed E-state index contributed by atoms with van der Waals surface area (Å²) in [6, 6.07) is 0. The summed E-state index contributed by atoms with van der Waals surface area (Å²) in [5.74, 6) is 0. The SMILES string of the molecule is CC1=CC=CCC(CCCN(C)C)=C1. The molecule has 1 heteroatoms.